The second-order valence-corrected chi connectivity index (χ2v) is 5.92. The number of ether oxygens (including phenoxy) is 2. The molecule has 1 amide bonds. The molecule has 2 aliphatic rings. The molecule has 1 aromatic carbocycles. The zero-order valence-electron chi connectivity index (χ0n) is 12.6. The van der Waals surface area contributed by atoms with Crippen molar-refractivity contribution >= 4 is 11.9 Å². The zero-order valence-corrected chi connectivity index (χ0v) is 12.6. The lowest BCUT2D eigenvalue weighted by Gasteiger charge is -2.27. The first-order chi connectivity index (χ1) is 10.3. The number of carbonyl (C=O) groups is 2. The summed E-state index contributed by atoms with van der Waals surface area (Å²) in [6.07, 6.45) is 0.135. The zero-order chi connectivity index (χ0) is 16.1. The summed E-state index contributed by atoms with van der Waals surface area (Å²) in [5, 5.41) is 12.7. The Labute approximate surface area is 127 Å². The highest BCUT2D eigenvalue weighted by Gasteiger charge is 2.47. The molecule has 0 radical (unpaired) electrons. The van der Waals surface area contributed by atoms with Gasteiger partial charge in [-0.1, -0.05) is 6.07 Å². The van der Waals surface area contributed by atoms with Crippen LogP contribution >= 0.6 is 0 Å². The van der Waals surface area contributed by atoms with Gasteiger partial charge < -0.3 is 19.9 Å². The van der Waals surface area contributed by atoms with Crippen LogP contribution in [0.1, 0.15) is 31.7 Å². The Morgan fingerprint density at radius 1 is 1.36 bits per heavy atom. The first kappa shape index (κ1) is 14.4. The molecule has 0 spiro atoms. The van der Waals surface area contributed by atoms with Gasteiger partial charge in [-0.2, -0.15) is 0 Å². The molecular formula is C16H17NO5. The fourth-order valence-electron chi connectivity index (χ4n) is 2.98. The molecule has 116 valence electrons. The molecule has 6 heteroatoms. The Balaban J connectivity index is 2.10. The topological polar surface area (TPSA) is 84.9 Å². The maximum absolute atomic E-state index is 12.2. The fraction of sp³-hybridized carbons (Fsp3) is 0.375. The molecule has 0 bridgehead atoms. The van der Waals surface area contributed by atoms with Crippen LogP contribution in [0.2, 0.25) is 0 Å². The summed E-state index contributed by atoms with van der Waals surface area (Å²) in [6, 6.07) is 4.87. The summed E-state index contributed by atoms with van der Waals surface area (Å²) < 4.78 is 10.4. The van der Waals surface area contributed by atoms with Crippen molar-refractivity contribution < 1.29 is 24.2 Å². The minimum atomic E-state index is -0.852. The van der Waals surface area contributed by atoms with Gasteiger partial charge in [0.25, 0.3) is 0 Å². The van der Waals surface area contributed by atoms with Gasteiger partial charge in [-0.05, 0) is 31.5 Å². The Kier molecular flexibility index (Phi) is 3.12. The van der Waals surface area contributed by atoms with E-state index in [0.717, 1.165) is 0 Å². The van der Waals surface area contributed by atoms with Crippen molar-refractivity contribution in [3.05, 3.63) is 35.0 Å². The Morgan fingerprint density at radius 2 is 2.09 bits per heavy atom. The van der Waals surface area contributed by atoms with Crippen LogP contribution in [0.25, 0.3) is 0 Å². The van der Waals surface area contributed by atoms with Crippen LogP contribution in [0, 0.1) is 0 Å². The van der Waals surface area contributed by atoms with Gasteiger partial charge in [0, 0.05) is 12.3 Å². The number of benzene rings is 1. The average molecular weight is 303 g/mol. The number of amides is 1. The third-order valence-electron chi connectivity index (χ3n) is 4.05. The van der Waals surface area contributed by atoms with E-state index < -0.39 is 17.5 Å². The van der Waals surface area contributed by atoms with Crippen LogP contribution in [0.4, 0.5) is 0 Å². The van der Waals surface area contributed by atoms with Gasteiger partial charge in [-0.25, -0.2) is 4.79 Å². The van der Waals surface area contributed by atoms with Crippen molar-refractivity contribution in [3.8, 4) is 11.5 Å². The number of cyclic esters (lactones) is 1. The molecule has 2 heterocycles. The van der Waals surface area contributed by atoms with Gasteiger partial charge in [0.15, 0.2) is 11.5 Å². The lowest BCUT2D eigenvalue weighted by Crippen LogP contribution is -2.38. The van der Waals surface area contributed by atoms with E-state index in [1.165, 1.54) is 13.2 Å². The molecule has 1 aromatic rings. The summed E-state index contributed by atoms with van der Waals surface area (Å²) >= 11 is 0. The van der Waals surface area contributed by atoms with Gasteiger partial charge in [-0.3, -0.25) is 4.79 Å². The normalized spacial score (nSPS) is 23.0. The number of aromatic hydroxyl groups is 1. The SMILES string of the molecule is COc1ccc(C2CC(=O)NC3=C2C(=O)OC3(C)C)cc1O. The van der Waals surface area contributed by atoms with Crippen molar-refractivity contribution in [2.75, 3.05) is 7.11 Å². The highest BCUT2D eigenvalue weighted by Crippen LogP contribution is 2.43. The minimum absolute atomic E-state index is 0.0289. The highest BCUT2D eigenvalue weighted by molar-refractivity contribution is 5.99. The molecule has 2 aliphatic heterocycles. The van der Waals surface area contributed by atoms with E-state index in [0.29, 0.717) is 22.6 Å². The Bertz CT molecular complexity index is 704. The third-order valence-corrected chi connectivity index (χ3v) is 4.05. The second kappa shape index (κ2) is 4.76. The number of phenols is 1. The van der Waals surface area contributed by atoms with Crippen molar-refractivity contribution in [2.24, 2.45) is 0 Å². The molecule has 1 unspecified atom stereocenters. The standard InChI is InChI=1S/C16H17NO5/c1-16(2)14-13(15(20)22-16)9(7-12(19)17-14)8-4-5-11(21-3)10(18)6-8/h4-6,9,18H,7H2,1-3H3,(H,17,19). The summed E-state index contributed by atoms with van der Waals surface area (Å²) in [4.78, 5) is 24.2. The summed E-state index contributed by atoms with van der Waals surface area (Å²) in [5.74, 6) is -0.730. The van der Waals surface area contributed by atoms with Gasteiger partial charge in [-0.15, -0.1) is 0 Å². The van der Waals surface area contributed by atoms with Crippen LogP contribution in [-0.2, 0) is 14.3 Å². The lowest BCUT2D eigenvalue weighted by molar-refractivity contribution is -0.144. The smallest absolute Gasteiger partial charge is 0.337 e. The predicted molar refractivity (Wildman–Crippen MR) is 77.4 cm³/mol. The summed E-state index contributed by atoms with van der Waals surface area (Å²) in [5.41, 5.74) is 0.786. The number of esters is 1. The summed E-state index contributed by atoms with van der Waals surface area (Å²) in [6.45, 7) is 3.47. The molecule has 1 atom stereocenters. The lowest BCUT2D eigenvalue weighted by atomic mass is 9.83. The van der Waals surface area contributed by atoms with E-state index in [4.69, 9.17) is 9.47 Å². The van der Waals surface area contributed by atoms with E-state index >= 15 is 0 Å². The van der Waals surface area contributed by atoms with Crippen molar-refractivity contribution in [1.29, 1.82) is 0 Å². The number of phenolic OH excluding ortho intramolecular Hbond substituents is 1. The van der Waals surface area contributed by atoms with Gasteiger partial charge >= 0.3 is 5.97 Å². The summed E-state index contributed by atoms with van der Waals surface area (Å²) in [7, 11) is 1.46. The van der Waals surface area contributed by atoms with Gasteiger partial charge in [0.1, 0.15) is 5.60 Å². The average Bonchev–Trinajstić information content (AvgIpc) is 2.67. The first-order valence-electron chi connectivity index (χ1n) is 6.98. The molecule has 0 saturated heterocycles. The fourth-order valence-corrected chi connectivity index (χ4v) is 2.98. The van der Waals surface area contributed by atoms with E-state index in [1.807, 2.05) is 0 Å². The second-order valence-electron chi connectivity index (χ2n) is 5.92. The molecule has 0 aromatic heterocycles. The highest BCUT2D eigenvalue weighted by atomic mass is 16.6. The maximum Gasteiger partial charge on any atom is 0.337 e. The number of carbonyl (C=O) groups excluding carboxylic acids is 2. The van der Waals surface area contributed by atoms with Gasteiger partial charge in [0.05, 0.1) is 18.4 Å². The van der Waals surface area contributed by atoms with Crippen molar-refractivity contribution in [2.45, 2.75) is 31.8 Å². The van der Waals surface area contributed by atoms with Gasteiger partial charge in [0.2, 0.25) is 5.91 Å². The van der Waals surface area contributed by atoms with Crippen molar-refractivity contribution in [1.82, 2.24) is 5.32 Å². The quantitative estimate of drug-likeness (QED) is 0.811. The molecule has 6 nitrogen and oxygen atoms in total. The van der Waals surface area contributed by atoms with E-state index in [-0.39, 0.29) is 18.1 Å². The molecular weight excluding hydrogens is 286 g/mol. The van der Waals surface area contributed by atoms with Crippen LogP contribution in [0.5, 0.6) is 11.5 Å². The predicted octanol–water partition coefficient (Wildman–Crippen LogP) is 1.59. The molecule has 22 heavy (non-hydrogen) atoms. The number of rotatable bonds is 2. The first-order valence-corrected chi connectivity index (χ1v) is 6.98. The van der Waals surface area contributed by atoms with Crippen LogP contribution < -0.4 is 10.1 Å². The monoisotopic (exact) mass is 303 g/mol. The number of hydrogen-bond donors (Lipinski definition) is 2. The Hall–Kier alpha value is -2.50. The van der Waals surface area contributed by atoms with Crippen LogP contribution in [-0.4, -0.2) is 29.7 Å². The Morgan fingerprint density at radius 3 is 2.73 bits per heavy atom. The molecule has 3 rings (SSSR count). The number of nitrogens with one attached hydrogen (secondary N) is 1. The van der Waals surface area contributed by atoms with E-state index in [1.54, 1.807) is 26.0 Å². The molecule has 0 saturated carbocycles. The number of hydrogen-bond acceptors (Lipinski definition) is 5. The van der Waals surface area contributed by atoms with E-state index in [9.17, 15) is 14.7 Å². The van der Waals surface area contributed by atoms with Crippen LogP contribution in [0.15, 0.2) is 29.5 Å². The largest absolute Gasteiger partial charge is 0.504 e. The van der Waals surface area contributed by atoms with Crippen molar-refractivity contribution in [3.63, 3.8) is 0 Å². The third kappa shape index (κ3) is 2.11. The minimum Gasteiger partial charge on any atom is -0.504 e. The molecule has 0 aliphatic carbocycles. The maximum atomic E-state index is 12.2. The molecule has 0 fully saturated rings. The molecule has 2 N–H and O–H groups in total. The number of methoxy groups -OCH3 is 1. The van der Waals surface area contributed by atoms with E-state index in [2.05, 4.69) is 5.32 Å². The van der Waals surface area contributed by atoms with Crippen LogP contribution in [0.3, 0.4) is 0 Å².